The van der Waals surface area contributed by atoms with Crippen molar-refractivity contribution in [2.45, 2.75) is 34.6 Å². The average molecular weight is 152 g/mol. The third kappa shape index (κ3) is 4.83. The lowest BCUT2D eigenvalue weighted by Crippen LogP contribution is -1.93. The molecule has 0 heterocycles. The molecule has 0 aliphatic heterocycles. The Labute approximate surface area is 71.0 Å². The maximum atomic E-state index is 2.32. The fraction of sp³-hybridized carbons (Fsp3) is 0.636. The second kappa shape index (κ2) is 5.17. The maximum absolute atomic E-state index is 2.32. The van der Waals surface area contributed by atoms with Gasteiger partial charge in [-0.1, -0.05) is 45.9 Å². The molecular weight excluding hydrogens is 132 g/mol. The van der Waals surface area contributed by atoms with Crippen molar-refractivity contribution in [3.8, 4) is 0 Å². The normalized spacial score (nSPS) is 13.9. The van der Waals surface area contributed by atoms with Crippen LogP contribution in [0, 0.1) is 11.8 Å². The van der Waals surface area contributed by atoms with Crippen LogP contribution in [0.25, 0.3) is 0 Å². The molecule has 0 rings (SSSR count). The van der Waals surface area contributed by atoms with Crippen LogP contribution in [0.1, 0.15) is 34.6 Å². The van der Waals surface area contributed by atoms with E-state index in [1.807, 2.05) is 0 Å². The molecule has 0 unspecified atom stereocenters. The van der Waals surface area contributed by atoms with E-state index < -0.39 is 0 Å². The van der Waals surface area contributed by atoms with Gasteiger partial charge >= 0.3 is 0 Å². The molecule has 0 N–H and O–H groups in total. The van der Waals surface area contributed by atoms with E-state index in [0.29, 0.717) is 11.8 Å². The van der Waals surface area contributed by atoms with E-state index in [4.69, 9.17) is 0 Å². The number of hydrogen-bond acceptors (Lipinski definition) is 0. The molecule has 0 saturated carbocycles. The first kappa shape index (κ1) is 10.5. The minimum atomic E-state index is 0.647. The highest BCUT2D eigenvalue weighted by molar-refractivity contribution is 5.20. The molecule has 0 aromatic rings. The SMILES string of the molecule is C/C=C\C(=C/C(C)C)C(C)C. The molecule has 0 saturated heterocycles. The van der Waals surface area contributed by atoms with Crippen LogP contribution in [0.3, 0.4) is 0 Å². The minimum Gasteiger partial charge on any atom is -0.0874 e. The molecule has 0 heteroatoms. The summed E-state index contributed by atoms with van der Waals surface area (Å²) < 4.78 is 0. The summed E-state index contributed by atoms with van der Waals surface area (Å²) in [5, 5.41) is 0. The van der Waals surface area contributed by atoms with Crippen molar-refractivity contribution >= 4 is 0 Å². The van der Waals surface area contributed by atoms with Crippen molar-refractivity contribution in [3.63, 3.8) is 0 Å². The molecule has 0 atom stereocenters. The van der Waals surface area contributed by atoms with Gasteiger partial charge in [0.2, 0.25) is 0 Å². The molecule has 0 aromatic heterocycles. The smallest absolute Gasteiger partial charge is 0.0222 e. The van der Waals surface area contributed by atoms with E-state index in [9.17, 15) is 0 Å². The fourth-order valence-corrected chi connectivity index (χ4v) is 1.02. The Hall–Kier alpha value is -0.520. The summed E-state index contributed by atoms with van der Waals surface area (Å²) in [4.78, 5) is 0. The molecule has 0 bridgehead atoms. The largest absolute Gasteiger partial charge is 0.0874 e. The first-order valence-electron chi connectivity index (χ1n) is 4.42. The second-order valence-electron chi connectivity index (χ2n) is 3.57. The van der Waals surface area contributed by atoms with Gasteiger partial charge in [-0.2, -0.15) is 0 Å². The predicted octanol–water partition coefficient (Wildman–Crippen LogP) is 3.80. The molecule has 0 amide bonds. The molecule has 0 radical (unpaired) electrons. The van der Waals surface area contributed by atoms with Crippen molar-refractivity contribution in [2.24, 2.45) is 11.8 Å². The summed E-state index contributed by atoms with van der Waals surface area (Å²) in [6, 6.07) is 0. The van der Waals surface area contributed by atoms with Gasteiger partial charge in [-0.3, -0.25) is 0 Å². The highest BCUT2D eigenvalue weighted by atomic mass is 14.0. The third-order valence-corrected chi connectivity index (χ3v) is 1.55. The van der Waals surface area contributed by atoms with Crippen LogP contribution in [0.5, 0.6) is 0 Å². The molecular formula is C11H20. The fourth-order valence-electron chi connectivity index (χ4n) is 1.02. The molecule has 0 aliphatic rings. The average Bonchev–Trinajstić information content (AvgIpc) is 1.86. The summed E-state index contributed by atoms with van der Waals surface area (Å²) in [5.41, 5.74) is 1.45. The van der Waals surface area contributed by atoms with Gasteiger partial charge in [0.15, 0.2) is 0 Å². The Morgan fingerprint density at radius 3 is 1.91 bits per heavy atom. The van der Waals surface area contributed by atoms with Crippen LogP contribution >= 0.6 is 0 Å². The van der Waals surface area contributed by atoms with E-state index in [0.717, 1.165) is 0 Å². The summed E-state index contributed by atoms with van der Waals surface area (Å²) in [6.45, 7) is 11.0. The Morgan fingerprint density at radius 2 is 1.64 bits per heavy atom. The summed E-state index contributed by atoms with van der Waals surface area (Å²) in [5.74, 6) is 1.30. The van der Waals surface area contributed by atoms with Crippen molar-refractivity contribution < 1.29 is 0 Å². The van der Waals surface area contributed by atoms with E-state index in [1.165, 1.54) is 5.57 Å². The van der Waals surface area contributed by atoms with Crippen LogP contribution in [-0.4, -0.2) is 0 Å². The monoisotopic (exact) mass is 152 g/mol. The van der Waals surface area contributed by atoms with Gasteiger partial charge in [0.25, 0.3) is 0 Å². The molecule has 0 aromatic carbocycles. The van der Waals surface area contributed by atoms with Gasteiger partial charge in [0.1, 0.15) is 0 Å². The van der Waals surface area contributed by atoms with E-state index in [1.54, 1.807) is 0 Å². The standard InChI is InChI=1S/C11H20/c1-6-7-11(10(4)5)8-9(2)3/h6-10H,1-5H3/b7-6-,11-8+. The minimum absolute atomic E-state index is 0.647. The van der Waals surface area contributed by atoms with Crippen LogP contribution in [0.15, 0.2) is 23.8 Å². The van der Waals surface area contributed by atoms with Crippen molar-refractivity contribution in [3.05, 3.63) is 23.8 Å². The molecule has 0 nitrogen and oxygen atoms in total. The Morgan fingerprint density at radius 1 is 1.09 bits per heavy atom. The lowest BCUT2D eigenvalue weighted by atomic mass is 9.99. The van der Waals surface area contributed by atoms with Crippen LogP contribution in [0.4, 0.5) is 0 Å². The maximum Gasteiger partial charge on any atom is -0.0222 e. The van der Waals surface area contributed by atoms with Crippen LogP contribution < -0.4 is 0 Å². The van der Waals surface area contributed by atoms with E-state index in [2.05, 4.69) is 52.8 Å². The molecule has 11 heavy (non-hydrogen) atoms. The van der Waals surface area contributed by atoms with Gasteiger partial charge in [-0.05, 0) is 24.3 Å². The number of rotatable bonds is 3. The highest BCUT2D eigenvalue weighted by Crippen LogP contribution is 2.13. The van der Waals surface area contributed by atoms with Gasteiger partial charge < -0.3 is 0 Å². The predicted molar refractivity (Wildman–Crippen MR) is 52.6 cm³/mol. The van der Waals surface area contributed by atoms with Gasteiger partial charge in [0.05, 0.1) is 0 Å². The highest BCUT2D eigenvalue weighted by Gasteiger charge is 1.98. The van der Waals surface area contributed by atoms with Gasteiger partial charge in [-0.25, -0.2) is 0 Å². The second-order valence-corrected chi connectivity index (χ2v) is 3.57. The molecule has 0 fully saturated rings. The van der Waals surface area contributed by atoms with Gasteiger partial charge in [-0.15, -0.1) is 0 Å². The Bertz CT molecular complexity index is 147. The number of allylic oxidation sites excluding steroid dienone is 4. The summed E-state index contributed by atoms with van der Waals surface area (Å²) in [7, 11) is 0. The quantitative estimate of drug-likeness (QED) is 0.539. The zero-order valence-corrected chi connectivity index (χ0v) is 8.39. The van der Waals surface area contributed by atoms with Gasteiger partial charge in [0, 0.05) is 0 Å². The van der Waals surface area contributed by atoms with Crippen molar-refractivity contribution in [1.29, 1.82) is 0 Å². The Balaban J connectivity index is 4.33. The molecule has 64 valence electrons. The summed E-state index contributed by atoms with van der Waals surface area (Å²) >= 11 is 0. The van der Waals surface area contributed by atoms with Crippen molar-refractivity contribution in [2.75, 3.05) is 0 Å². The first-order valence-corrected chi connectivity index (χ1v) is 4.42. The first-order chi connectivity index (χ1) is 5.07. The van der Waals surface area contributed by atoms with Crippen LogP contribution in [-0.2, 0) is 0 Å². The Kier molecular flexibility index (Phi) is 4.93. The zero-order chi connectivity index (χ0) is 8.85. The van der Waals surface area contributed by atoms with Crippen molar-refractivity contribution in [1.82, 2.24) is 0 Å². The van der Waals surface area contributed by atoms with E-state index >= 15 is 0 Å². The summed E-state index contributed by atoms with van der Waals surface area (Å²) in [6.07, 6.45) is 6.63. The zero-order valence-electron chi connectivity index (χ0n) is 8.39. The topological polar surface area (TPSA) is 0 Å². The molecule has 0 spiro atoms. The lowest BCUT2D eigenvalue weighted by Gasteiger charge is -2.07. The van der Waals surface area contributed by atoms with E-state index in [-0.39, 0.29) is 0 Å². The number of hydrogen-bond donors (Lipinski definition) is 0. The lowest BCUT2D eigenvalue weighted by molar-refractivity contribution is 0.749. The molecule has 0 aliphatic carbocycles. The van der Waals surface area contributed by atoms with Crippen LogP contribution in [0.2, 0.25) is 0 Å². The third-order valence-electron chi connectivity index (χ3n) is 1.55.